The number of piperidine rings is 1. The predicted octanol–water partition coefficient (Wildman–Crippen LogP) is 5.04. The summed E-state index contributed by atoms with van der Waals surface area (Å²) in [6.45, 7) is 1.52. The molecule has 4 nitrogen and oxygen atoms in total. The Morgan fingerprint density at radius 3 is 2.78 bits per heavy atom. The number of aromatic amines is 1. The highest BCUT2D eigenvalue weighted by atomic mass is 79.9. The molecular weight excluding hydrogens is 402 g/mol. The minimum Gasteiger partial charge on any atom is -0.362 e. The van der Waals surface area contributed by atoms with E-state index in [1.54, 1.807) is 0 Å². The van der Waals surface area contributed by atoms with Crippen molar-refractivity contribution in [2.75, 3.05) is 18.4 Å². The highest BCUT2D eigenvalue weighted by molar-refractivity contribution is 9.10. The van der Waals surface area contributed by atoms with E-state index in [-0.39, 0.29) is 11.3 Å². The molecule has 1 saturated heterocycles. The van der Waals surface area contributed by atoms with Crippen molar-refractivity contribution in [1.82, 2.24) is 9.88 Å². The number of rotatable bonds is 1. The summed E-state index contributed by atoms with van der Waals surface area (Å²) in [7, 11) is 0. The number of carbonyl (C=O) groups excluding carboxylic acids is 1. The van der Waals surface area contributed by atoms with Gasteiger partial charge in [0.05, 0.1) is 5.56 Å². The van der Waals surface area contributed by atoms with Crippen LogP contribution in [-0.4, -0.2) is 28.9 Å². The Labute approximate surface area is 166 Å². The van der Waals surface area contributed by atoms with Gasteiger partial charge >= 0.3 is 0 Å². The Hall–Kier alpha value is -2.53. The van der Waals surface area contributed by atoms with Crippen molar-refractivity contribution in [3.8, 4) is 0 Å². The summed E-state index contributed by atoms with van der Waals surface area (Å²) in [6.07, 6.45) is 8.03. The fraction of sp³-hybridized carbons (Fsp3) is 0.227. The van der Waals surface area contributed by atoms with Crippen molar-refractivity contribution in [3.63, 3.8) is 0 Å². The van der Waals surface area contributed by atoms with Crippen LogP contribution in [0.5, 0.6) is 0 Å². The Morgan fingerprint density at radius 2 is 1.93 bits per heavy atom. The van der Waals surface area contributed by atoms with Crippen LogP contribution in [0.3, 0.4) is 0 Å². The molecule has 136 valence electrons. The molecular formula is C22H20BrN3O. The van der Waals surface area contributed by atoms with Gasteiger partial charge in [0, 0.05) is 45.8 Å². The first-order valence-electron chi connectivity index (χ1n) is 9.26. The number of benzene rings is 2. The summed E-state index contributed by atoms with van der Waals surface area (Å²) in [5, 5.41) is 4.35. The summed E-state index contributed by atoms with van der Waals surface area (Å²) in [5.74, 6) is 0.120. The van der Waals surface area contributed by atoms with Gasteiger partial charge in [0.1, 0.15) is 0 Å². The van der Waals surface area contributed by atoms with E-state index in [1.165, 1.54) is 5.56 Å². The second kappa shape index (κ2) is 6.27. The molecule has 5 heteroatoms. The molecule has 0 atom stereocenters. The fourth-order valence-electron chi connectivity index (χ4n) is 4.40. The lowest BCUT2D eigenvalue weighted by Crippen LogP contribution is -2.45. The molecule has 0 unspecified atom stereocenters. The Kier molecular flexibility index (Phi) is 3.86. The number of anilines is 1. The molecule has 0 bridgehead atoms. The smallest absolute Gasteiger partial charge is 0.256 e. The van der Waals surface area contributed by atoms with Crippen LogP contribution < -0.4 is 5.32 Å². The molecule has 5 rings (SSSR count). The number of nitrogens with zero attached hydrogens (tertiary/aromatic N) is 1. The molecule has 2 N–H and O–H groups in total. The zero-order valence-electron chi connectivity index (χ0n) is 14.8. The lowest BCUT2D eigenvalue weighted by atomic mass is 9.71. The summed E-state index contributed by atoms with van der Waals surface area (Å²) < 4.78 is 1.09. The normalized spacial score (nSPS) is 17.7. The number of hydrogen-bond acceptors (Lipinski definition) is 2. The maximum absolute atomic E-state index is 13.1. The summed E-state index contributed by atoms with van der Waals surface area (Å²) in [6, 6.07) is 14.4. The van der Waals surface area contributed by atoms with Crippen LogP contribution in [0.4, 0.5) is 5.69 Å². The first-order chi connectivity index (χ1) is 13.2. The highest BCUT2D eigenvalue weighted by Crippen LogP contribution is 2.44. The van der Waals surface area contributed by atoms with Gasteiger partial charge < -0.3 is 15.2 Å². The van der Waals surface area contributed by atoms with Gasteiger partial charge in [0.2, 0.25) is 0 Å². The second-order valence-electron chi connectivity index (χ2n) is 7.36. The quantitative estimate of drug-likeness (QED) is 0.577. The number of fused-ring (bicyclic) bond motifs is 3. The van der Waals surface area contributed by atoms with E-state index < -0.39 is 0 Å². The van der Waals surface area contributed by atoms with Crippen molar-refractivity contribution in [1.29, 1.82) is 0 Å². The number of amides is 1. The molecule has 3 aromatic rings. The number of carbonyl (C=O) groups is 1. The molecule has 2 aromatic carbocycles. The van der Waals surface area contributed by atoms with E-state index in [0.29, 0.717) is 0 Å². The van der Waals surface area contributed by atoms with Gasteiger partial charge in [-0.3, -0.25) is 4.79 Å². The fourth-order valence-corrected chi connectivity index (χ4v) is 4.76. The average molecular weight is 422 g/mol. The average Bonchev–Trinajstić information content (AvgIpc) is 3.13. The number of H-pyrrole nitrogens is 1. The van der Waals surface area contributed by atoms with E-state index >= 15 is 0 Å². The van der Waals surface area contributed by atoms with E-state index in [2.05, 4.69) is 50.5 Å². The number of hydrogen-bond donors (Lipinski definition) is 2. The van der Waals surface area contributed by atoms with Crippen LogP contribution in [0.25, 0.3) is 10.9 Å². The molecule has 0 radical (unpaired) electrons. The van der Waals surface area contributed by atoms with E-state index in [0.717, 1.165) is 52.6 Å². The predicted molar refractivity (Wildman–Crippen MR) is 112 cm³/mol. The largest absolute Gasteiger partial charge is 0.362 e. The van der Waals surface area contributed by atoms with Crippen molar-refractivity contribution in [2.45, 2.75) is 18.3 Å². The Balaban J connectivity index is 1.41. The number of aromatic nitrogens is 1. The van der Waals surface area contributed by atoms with E-state index in [1.807, 2.05) is 41.6 Å². The van der Waals surface area contributed by atoms with Crippen LogP contribution in [0.2, 0.25) is 0 Å². The Bertz CT molecular complexity index is 1060. The third-order valence-electron chi connectivity index (χ3n) is 5.92. The molecule has 2 aliphatic rings. The number of nitrogens with one attached hydrogen (secondary N) is 2. The molecule has 1 amide bonds. The van der Waals surface area contributed by atoms with Gasteiger partial charge in [-0.2, -0.15) is 0 Å². The number of halogens is 1. The highest BCUT2D eigenvalue weighted by Gasteiger charge is 2.38. The van der Waals surface area contributed by atoms with E-state index in [4.69, 9.17) is 0 Å². The van der Waals surface area contributed by atoms with Gasteiger partial charge in [-0.1, -0.05) is 40.2 Å². The molecule has 1 aromatic heterocycles. The number of allylic oxidation sites excluding steroid dienone is 1. The minimum atomic E-state index is 0.00135. The summed E-state index contributed by atoms with van der Waals surface area (Å²) in [4.78, 5) is 18.3. The number of likely N-dealkylation sites (tertiary alicyclic amines) is 1. The van der Waals surface area contributed by atoms with Crippen molar-refractivity contribution in [3.05, 3.63) is 76.5 Å². The van der Waals surface area contributed by atoms with Gasteiger partial charge in [-0.15, -0.1) is 0 Å². The van der Waals surface area contributed by atoms with Crippen molar-refractivity contribution in [2.24, 2.45) is 0 Å². The SMILES string of the molecule is O=C(c1c[nH]c2ccccc12)N1CCC2(C=CNc3ccc(Br)cc32)CC1. The van der Waals surface area contributed by atoms with Gasteiger partial charge in [0.25, 0.3) is 5.91 Å². The molecule has 0 aliphatic carbocycles. The van der Waals surface area contributed by atoms with Crippen molar-refractivity contribution >= 4 is 38.4 Å². The van der Waals surface area contributed by atoms with Crippen LogP contribution in [-0.2, 0) is 5.41 Å². The molecule has 3 heterocycles. The zero-order valence-corrected chi connectivity index (χ0v) is 16.4. The van der Waals surface area contributed by atoms with Gasteiger partial charge in [-0.05, 0) is 48.9 Å². The van der Waals surface area contributed by atoms with Crippen LogP contribution in [0.1, 0.15) is 28.8 Å². The first kappa shape index (κ1) is 16.6. The molecule has 27 heavy (non-hydrogen) atoms. The molecule has 2 aliphatic heterocycles. The standard InChI is InChI=1S/C22H20BrN3O/c23-15-5-6-20-18(13-15)22(7-10-24-20)8-11-26(12-9-22)21(27)17-14-25-19-4-2-1-3-16(17)19/h1-7,10,13-14,24-25H,8-9,11-12H2. The zero-order chi connectivity index (χ0) is 18.4. The second-order valence-corrected chi connectivity index (χ2v) is 8.28. The van der Waals surface area contributed by atoms with Crippen molar-refractivity contribution < 1.29 is 4.79 Å². The molecule has 1 spiro atoms. The third kappa shape index (κ3) is 2.69. The number of para-hydroxylation sites is 1. The lowest BCUT2D eigenvalue weighted by molar-refractivity contribution is 0.0691. The van der Waals surface area contributed by atoms with Crippen LogP contribution >= 0.6 is 15.9 Å². The summed E-state index contributed by atoms with van der Waals surface area (Å²) >= 11 is 3.60. The summed E-state index contributed by atoms with van der Waals surface area (Å²) in [5.41, 5.74) is 4.26. The molecule has 0 saturated carbocycles. The maximum atomic E-state index is 13.1. The van der Waals surface area contributed by atoms with E-state index in [9.17, 15) is 4.79 Å². The van der Waals surface area contributed by atoms with Gasteiger partial charge in [-0.25, -0.2) is 0 Å². The van der Waals surface area contributed by atoms with Crippen LogP contribution in [0.15, 0.2) is 65.4 Å². The minimum absolute atomic E-state index is 0.00135. The topological polar surface area (TPSA) is 48.1 Å². The monoisotopic (exact) mass is 421 g/mol. The van der Waals surface area contributed by atoms with Gasteiger partial charge in [0.15, 0.2) is 0 Å². The first-order valence-corrected chi connectivity index (χ1v) is 10.1. The maximum Gasteiger partial charge on any atom is 0.256 e. The lowest BCUT2D eigenvalue weighted by Gasteiger charge is -2.42. The Morgan fingerprint density at radius 1 is 1.11 bits per heavy atom. The van der Waals surface area contributed by atoms with Crippen LogP contribution in [0, 0.1) is 0 Å². The third-order valence-corrected chi connectivity index (χ3v) is 6.42. The molecule has 1 fully saturated rings.